The van der Waals surface area contributed by atoms with Crippen molar-refractivity contribution in [2.45, 2.75) is 23.2 Å². The summed E-state index contributed by atoms with van der Waals surface area (Å²) in [5.41, 5.74) is 0.744. The lowest BCUT2D eigenvalue weighted by Gasteiger charge is -2.38. The first-order valence-corrected chi connectivity index (χ1v) is 9.55. The predicted octanol–water partition coefficient (Wildman–Crippen LogP) is 3.92. The first-order chi connectivity index (χ1) is 12.6. The van der Waals surface area contributed by atoms with Crippen molar-refractivity contribution < 1.29 is 18.3 Å². The summed E-state index contributed by atoms with van der Waals surface area (Å²) in [7, 11) is 0. The molecule has 0 spiro atoms. The molecule has 1 amide bonds. The van der Waals surface area contributed by atoms with Crippen molar-refractivity contribution in [3.63, 3.8) is 0 Å². The molecule has 1 aliphatic heterocycles. The van der Waals surface area contributed by atoms with Gasteiger partial charge in [0.1, 0.15) is 11.6 Å². The van der Waals surface area contributed by atoms with Crippen molar-refractivity contribution in [3.8, 4) is 0 Å². The van der Waals surface area contributed by atoms with Gasteiger partial charge in [-0.15, -0.1) is 11.8 Å². The van der Waals surface area contributed by atoms with Crippen LogP contribution in [-0.4, -0.2) is 31.4 Å². The minimum Gasteiger partial charge on any atom is -0.381 e. The standard InChI is InChI=1S/C20H21F2NO2S/c21-16-7-5-15(6-8-16)20(9-11-25-12-10-20)14-23-19(24)13-26-18-4-2-1-3-17(18)22/h1-8H,9-14H2,(H,23,24). The zero-order valence-electron chi connectivity index (χ0n) is 14.3. The van der Waals surface area contributed by atoms with Gasteiger partial charge in [-0.3, -0.25) is 4.79 Å². The van der Waals surface area contributed by atoms with Gasteiger partial charge in [-0.05, 0) is 42.7 Å². The smallest absolute Gasteiger partial charge is 0.230 e. The largest absolute Gasteiger partial charge is 0.381 e. The molecule has 1 heterocycles. The minimum atomic E-state index is -0.322. The summed E-state index contributed by atoms with van der Waals surface area (Å²) >= 11 is 1.18. The van der Waals surface area contributed by atoms with Crippen LogP contribution in [0.5, 0.6) is 0 Å². The Bertz CT molecular complexity index is 746. The van der Waals surface area contributed by atoms with E-state index in [1.165, 1.54) is 30.0 Å². The molecule has 138 valence electrons. The van der Waals surface area contributed by atoms with Crippen LogP contribution in [0.1, 0.15) is 18.4 Å². The van der Waals surface area contributed by atoms with E-state index in [0.29, 0.717) is 24.7 Å². The Hall–Kier alpha value is -1.92. The highest BCUT2D eigenvalue weighted by molar-refractivity contribution is 8.00. The average molecular weight is 377 g/mol. The molecule has 0 bridgehead atoms. The maximum absolute atomic E-state index is 13.6. The maximum Gasteiger partial charge on any atom is 0.230 e. The second-order valence-corrected chi connectivity index (χ2v) is 7.41. The summed E-state index contributed by atoms with van der Waals surface area (Å²) in [5, 5.41) is 2.96. The van der Waals surface area contributed by atoms with E-state index in [0.717, 1.165) is 18.4 Å². The highest BCUT2D eigenvalue weighted by Crippen LogP contribution is 2.34. The average Bonchev–Trinajstić information content (AvgIpc) is 2.67. The Morgan fingerprint density at radius 2 is 1.77 bits per heavy atom. The number of hydrogen-bond donors (Lipinski definition) is 1. The normalized spacial score (nSPS) is 16.2. The summed E-state index contributed by atoms with van der Waals surface area (Å²) in [6, 6.07) is 12.9. The van der Waals surface area contributed by atoms with E-state index in [9.17, 15) is 13.6 Å². The van der Waals surface area contributed by atoms with Gasteiger partial charge in [0.15, 0.2) is 0 Å². The molecule has 26 heavy (non-hydrogen) atoms. The first-order valence-electron chi connectivity index (χ1n) is 8.57. The van der Waals surface area contributed by atoms with E-state index in [4.69, 9.17) is 4.74 Å². The third kappa shape index (κ3) is 4.62. The lowest BCUT2D eigenvalue weighted by Crippen LogP contribution is -2.45. The third-order valence-electron chi connectivity index (χ3n) is 4.73. The van der Waals surface area contributed by atoms with Gasteiger partial charge in [0, 0.05) is 30.1 Å². The van der Waals surface area contributed by atoms with Crippen molar-refractivity contribution in [2.75, 3.05) is 25.5 Å². The number of hydrogen-bond acceptors (Lipinski definition) is 3. The number of amides is 1. The quantitative estimate of drug-likeness (QED) is 0.776. The van der Waals surface area contributed by atoms with E-state index >= 15 is 0 Å². The van der Waals surface area contributed by atoms with Crippen LogP contribution in [0.25, 0.3) is 0 Å². The van der Waals surface area contributed by atoms with Crippen molar-refractivity contribution in [3.05, 3.63) is 65.7 Å². The highest BCUT2D eigenvalue weighted by atomic mass is 32.2. The summed E-state index contributed by atoms with van der Waals surface area (Å²) in [4.78, 5) is 12.7. The molecule has 0 atom stereocenters. The van der Waals surface area contributed by atoms with Gasteiger partial charge in [0.25, 0.3) is 0 Å². The zero-order valence-corrected chi connectivity index (χ0v) is 15.2. The molecule has 2 aromatic carbocycles. The van der Waals surface area contributed by atoms with Gasteiger partial charge in [0.05, 0.1) is 5.75 Å². The van der Waals surface area contributed by atoms with Crippen molar-refractivity contribution in [1.82, 2.24) is 5.32 Å². The van der Waals surface area contributed by atoms with E-state index in [2.05, 4.69) is 5.32 Å². The lowest BCUT2D eigenvalue weighted by molar-refractivity contribution is -0.119. The van der Waals surface area contributed by atoms with Crippen LogP contribution >= 0.6 is 11.8 Å². The lowest BCUT2D eigenvalue weighted by atomic mass is 9.74. The Labute approximate surface area is 156 Å². The molecule has 2 aromatic rings. The fraction of sp³-hybridized carbons (Fsp3) is 0.350. The Morgan fingerprint density at radius 1 is 1.08 bits per heavy atom. The Morgan fingerprint density at radius 3 is 2.46 bits per heavy atom. The molecule has 1 aliphatic rings. The summed E-state index contributed by atoms with van der Waals surface area (Å²) in [5.74, 6) is -0.596. The first kappa shape index (κ1) is 18.9. The van der Waals surface area contributed by atoms with Crippen molar-refractivity contribution in [1.29, 1.82) is 0 Å². The molecule has 0 radical (unpaired) electrons. The van der Waals surface area contributed by atoms with Gasteiger partial charge in [-0.2, -0.15) is 0 Å². The van der Waals surface area contributed by atoms with E-state index in [1.807, 2.05) is 0 Å². The number of thioether (sulfide) groups is 1. The maximum atomic E-state index is 13.6. The molecule has 0 unspecified atom stereocenters. The highest BCUT2D eigenvalue weighted by Gasteiger charge is 2.34. The molecule has 0 aromatic heterocycles. The summed E-state index contributed by atoms with van der Waals surface area (Å²) in [6.45, 7) is 1.67. The number of benzene rings is 2. The van der Waals surface area contributed by atoms with Gasteiger partial charge >= 0.3 is 0 Å². The van der Waals surface area contributed by atoms with Gasteiger partial charge in [-0.25, -0.2) is 8.78 Å². The van der Waals surface area contributed by atoms with Crippen molar-refractivity contribution >= 4 is 17.7 Å². The van der Waals surface area contributed by atoms with Crippen LogP contribution < -0.4 is 5.32 Å². The molecule has 3 rings (SSSR count). The number of carbonyl (C=O) groups excluding carboxylic acids is 1. The SMILES string of the molecule is O=C(CSc1ccccc1F)NCC1(c2ccc(F)cc2)CCOCC1. The number of rotatable bonds is 6. The molecule has 0 aliphatic carbocycles. The fourth-order valence-corrected chi connectivity index (χ4v) is 3.93. The van der Waals surface area contributed by atoms with Crippen LogP contribution in [0, 0.1) is 11.6 Å². The summed E-state index contributed by atoms with van der Waals surface area (Å²) < 4.78 is 32.4. The van der Waals surface area contributed by atoms with Crippen LogP contribution in [-0.2, 0) is 14.9 Å². The van der Waals surface area contributed by atoms with Gasteiger partial charge < -0.3 is 10.1 Å². The molecular formula is C20H21F2NO2S. The van der Waals surface area contributed by atoms with E-state index in [1.54, 1.807) is 30.3 Å². The number of ether oxygens (including phenoxy) is 1. The number of halogens is 2. The molecule has 3 nitrogen and oxygen atoms in total. The fourth-order valence-electron chi connectivity index (χ4n) is 3.16. The molecule has 1 N–H and O–H groups in total. The second kappa shape index (κ2) is 8.64. The van der Waals surface area contributed by atoms with Gasteiger partial charge in [0.2, 0.25) is 5.91 Å². The van der Waals surface area contributed by atoms with Crippen LogP contribution in [0.2, 0.25) is 0 Å². The molecular weight excluding hydrogens is 356 g/mol. The van der Waals surface area contributed by atoms with E-state index < -0.39 is 0 Å². The zero-order chi connectivity index (χ0) is 18.4. The van der Waals surface area contributed by atoms with Crippen LogP contribution in [0.4, 0.5) is 8.78 Å². The summed E-state index contributed by atoms with van der Waals surface area (Å²) in [6.07, 6.45) is 1.53. The third-order valence-corrected chi connectivity index (χ3v) is 5.77. The second-order valence-electron chi connectivity index (χ2n) is 6.40. The van der Waals surface area contributed by atoms with Crippen LogP contribution in [0.3, 0.4) is 0 Å². The molecule has 1 fully saturated rings. The molecule has 0 saturated carbocycles. The monoisotopic (exact) mass is 377 g/mol. The predicted molar refractivity (Wildman–Crippen MR) is 98.3 cm³/mol. The topological polar surface area (TPSA) is 38.3 Å². The van der Waals surface area contributed by atoms with E-state index in [-0.39, 0.29) is 28.7 Å². The number of nitrogens with one attached hydrogen (secondary N) is 1. The van der Waals surface area contributed by atoms with Gasteiger partial charge in [-0.1, -0.05) is 24.3 Å². The Kier molecular flexibility index (Phi) is 6.27. The molecule has 1 saturated heterocycles. The van der Waals surface area contributed by atoms with Crippen molar-refractivity contribution in [2.24, 2.45) is 0 Å². The molecule has 6 heteroatoms. The number of carbonyl (C=O) groups is 1. The minimum absolute atomic E-state index is 0.147. The Balaban J connectivity index is 1.61. The van der Waals surface area contributed by atoms with Crippen LogP contribution in [0.15, 0.2) is 53.4 Å².